The highest BCUT2D eigenvalue weighted by Crippen LogP contribution is 2.19. The highest BCUT2D eigenvalue weighted by molar-refractivity contribution is 6.30. The minimum atomic E-state index is 0.141. The SMILES string of the molecule is CCCCO/N=C/c1cc(Cl)ccc1O. The Morgan fingerprint density at radius 2 is 2.33 bits per heavy atom. The van der Waals surface area contributed by atoms with Crippen molar-refractivity contribution in [3.05, 3.63) is 28.8 Å². The van der Waals surface area contributed by atoms with Crippen LogP contribution in [0.15, 0.2) is 23.4 Å². The number of unbranched alkanes of at least 4 members (excludes halogenated alkanes) is 1. The molecule has 0 aromatic heterocycles. The van der Waals surface area contributed by atoms with Crippen molar-refractivity contribution in [1.29, 1.82) is 0 Å². The Balaban J connectivity index is 2.52. The fraction of sp³-hybridized carbons (Fsp3) is 0.364. The van der Waals surface area contributed by atoms with Gasteiger partial charge in [-0.15, -0.1) is 0 Å². The van der Waals surface area contributed by atoms with Gasteiger partial charge in [0.05, 0.1) is 6.21 Å². The van der Waals surface area contributed by atoms with Crippen molar-refractivity contribution in [2.24, 2.45) is 5.16 Å². The van der Waals surface area contributed by atoms with Crippen LogP contribution in [-0.4, -0.2) is 17.9 Å². The van der Waals surface area contributed by atoms with Crippen molar-refractivity contribution in [3.8, 4) is 5.75 Å². The number of rotatable bonds is 5. The fourth-order valence-corrected chi connectivity index (χ4v) is 1.16. The molecule has 0 fully saturated rings. The van der Waals surface area contributed by atoms with E-state index in [0.717, 1.165) is 12.8 Å². The van der Waals surface area contributed by atoms with Crippen molar-refractivity contribution in [2.75, 3.05) is 6.61 Å². The van der Waals surface area contributed by atoms with Gasteiger partial charge in [-0.05, 0) is 24.6 Å². The summed E-state index contributed by atoms with van der Waals surface area (Å²) in [6.07, 6.45) is 3.49. The molecular weight excluding hydrogens is 214 g/mol. The Kier molecular flexibility index (Phi) is 4.98. The third-order valence-corrected chi connectivity index (χ3v) is 2.08. The van der Waals surface area contributed by atoms with Crippen LogP contribution in [0.4, 0.5) is 0 Å². The Morgan fingerprint density at radius 3 is 3.07 bits per heavy atom. The lowest BCUT2D eigenvalue weighted by Gasteiger charge is -1.99. The summed E-state index contributed by atoms with van der Waals surface area (Å²) in [5.74, 6) is 0.141. The minimum absolute atomic E-state index is 0.141. The molecule has 0 aliphatic rings. The molecule has 0 atom stereocenters. The van der Waals surface area contributed by atoms with E-state index in [2.05, 4.69) is 12.1 Å². The predicted molar refractivity (Wildman–Crippen MR) is 61.6 cm³/mol. The molecule has 0 saturated carbocycles. The molecular formula is C11H14ClNO2. The van der Waals surface area contributed by atoms with Crippen LogP contribution < -0.4 is 0 Å². The minimum Gasteiger partial charge on any atom is -0.507 e. The summed E-state index contributed by atoms with van der Waals surface area (Å²) >= 11 is 5.77. The third kappa shape index (κ3) is 4.21. The maximum atomic E-state index is 9.43. The van der Waals surface area contributed by atoms with E-state index in [1.54, 1.807) is 12.1 Å². The third-order valence-electron chi connectivity index (χ3n) is 1.85. The summed E-state index contributed by atoms with van der Waals surface area (Å²) in [4.78, 5) is 4.99. The maximum absolute atomic E-state index is 9.43. The molecule has 1 aromatic carbocycles. The second-order valence-corrected chi connectivity index (χ2v) is 3.56. The molecule has 1 aromatic rings. The van der Waals surface area contributed by atoms with Crippen LogP contribution in [0.1, 0.15) is 25.3 Å². The average molecular weight is 228 g/mol. The molecule has 0 aliphatic carbocycles. The molecule has 0 heterocycles. The lowest BCUT2D eigenvalue weighted by Crippen LogP contribution is -1.88. The van der Waals surface area contributed by atoms with Gasteiger partial charge in [0, 0.05) is 10.6 Å². The molecule has 0 saturated heterocycles. The lowest BCUT2D eigenvalue weighted by atomic mass is 10.2. The molecule has 0 bridgehead atoms. The monoisotopic (exact) mass is 227 g/mol. The molecule has 0 radical (unpaired) electrons. The number of hydrogen-bond donors (Lipinski definition) is 1. The largest absolute Gasteiger partial charge is 0.507 e. The Labute approximate surface area is 94.3 Å². The van der Waals surface area contributed by atoms with Crippen LogP contribution in [0.3, 0.4) is 0 Å². The first-order valence-electron chi connectivity index (χ1n) is 4.88. The maximum Gasteiger partial charge on any atom is 0.124 e. The lowest BCUT2D eigenvalue weighted by molar-refractivity contribution is 0.142. The summed E-state index contributed by atoms with van der Waals surface area (Å²) in [5, 5.41) is 13.7. The van der Waals surface area contributed by atoms with Gasteiger partial charge in [0.1, 0.15) is 12.4 Å². The van der Waals surface area contributed by atoms with Gasteiger partial charge in [-0.1, -0.05) is 30.1 Å². The average Bonchev–Trinajstić information content (AvgIpc) is 2.23. The second kappa shape index (κ2) is 6.30. The molecule has 82 valence electrons. The van der Waals surface area contributed by atoms with E-state index in [9.17, 15) is 5.11 Å². The number of aromatic hydroxyl groups is 1. The van der Waals surface area contributed by atoms with Crippen molar-refractivity contribution in [2.45, 2.75) is 19.8 Å². The highest BCUT2D eigenvalue weighted by atomic mass is 35.5. The van der Waals surface area contributed by atoms with E-state index in [4.69, 9.17) is 16.4 Å². The van der Waals surface area contributed by atoms with E-state index >= 15 is 0 Å². The number of hydrogen-bond acceptors (Lipinski definition) is 3. The van der Waals surface area contributed by atoms with E-state index in [1.807, 2.05) is 0 Å². The number of nitrogens with zero attached hydrogens (tertiary/aromatic N) is 1. The first kappa shape index (κ1) is 11.9. The molecule has 0 unspecified atom stereocenters. The molecule has 0 amide bonds. The Morgan fingerprint density at radius 1 is 1.53 bits per heavy atom. The molecule has 0 aliphatic heterocycles. The second-order valence-electron chi connectivity index (χ2n) is 3.12. The highest BCUT2D eigenvalue weighted by Gasteiger charge is 1.98. The number of phenolic OH excluding ortho intramolecular Hbond substituents is 1. The summed E-state index contributed by atoms with van der Waals surface area (Å²) in [6.45, 7) is 2.67. The summed E-state index contributed by atoms with van der Waals surface area (Å²) < 4.78 is 0. The molecule has 4 heteroatoms. The summed E-state index contributed by atoms with van der Waals surface area (Å²) in [7, 11) is 0. The standard InChI is InChI=1S/C11H14ClNO2/c1-2-3-6-15-13-8-9-7-10(12)4-5-11(9)14/h4-5,7-8,14H,2-3,6H2,1H3/b13-8+. The van der Waals surface area contributed by atoms with Crippen LogP contribution >= 0.6 is 11.6 Å². The number of oxime groups is 1. The van der Waals surface area contributed by atoms with Gasteiger partial charge in [-0.3, -0.25) is 0 Å². The van der Waals surface area contributed by atoms with Gasteiger partial charge in [-0.25, -0.2) is 0 Å². The van der Waals surface area contributed by atoms with Crippen LogP contribution in [0.5, 0.6) is 5.75 Å². The normalized spacial score (nSPS) is 10.8. The fourth-order valence-electron chi connectivity index (χ4n) is 0.984. The first-order chi connectivity index (χ1) is 7.24. The van der Waals surface area contributed by atoms with Gasteiger partial charge in [0.2, 0.25) is 0 Å². The molecule has 3 nitrogen and oxygen atoms in total. The van der Waals surface area contributed by atoms with Gasteiger partial charge >= 0.3 is 0 Å². The van der Waals surface area contributed by atoms with E-state index in [1.165, 1.54) is 12.3 Å². The van der Waals surface area contributed by atoms with E-state index in [-0.39, 0.29) is 5.75 Å². The van der Waals surface area contributed by atoms with Gasteiger partial charge in [-0.2, -0.15) is 0 Å². The van der Waals surface area contributed by atoms with E-state index < -0.39 is 0 Å². The Bertz CT molecular complexity index is 339. The van der Waals surface area contributed by atoms with Gasteiger partial charge < -0.3 is 9.94 Å². The van der Waals surface area contributed by atoms with Crippen molar-refractivity contribution in [1.82, 2.24) is 0 Å². The quantitative estimate of drug-likeness (QED) is 0.477. The summed E-state index contributed by atoms with van der Waals surface area (Å²) in [6, 6.07) is 4.77. The zero-order chi connectivity index (χ0) is 11.1. The number of phenols is 1. The van der Waals surface area contributed by atoms with Crippen LogP contribution in [0.2, 0.25) is 5.02 Å². The van der Waals surface area contributed by atoms with Crippen molar-refractivity contribution < 1.29 is 9.94 Å². The van der Waals surface area contributed by atoms with Gasteiger partial charge in [0.15, 0.2) is 0 Å². The van der Waals surface area contributed by atoms with Gasteiger partial charge in [0.25, 0.3) is 0 Å². The van der Waals surface area contributed by atoms with E-state index in [0.29, 0.717) is 17.2 Å². The topological polar surface area (TPSA) is 41.8 Å². The molecule has 1 rings (SSSR count). The van der Waals surface area contributed by atoms with Crippen LogP contribution in [0.25, 0.3) is 0 Å². The zero-order valence-electron chi connectivity index (χ0n) is 8.61. The molecule has 1 N–H and O–H groups in total. The number of halogens is 1. The number of benzene rings is 1. The molecule has 0 spiro atoms. The van der Waals surface area contributed by atoms with Crippen LogP contribution in [-0.2, 0) is 4.84 Å². The predicted octanol–water partition coefficient (Wildman–Crippen LogP) is 3.20. The molecule has 15 heavy (non-hydrogen) atoms. The Hall–Kier alpha value is -1.22. The smallest absolute Gasteiger partial charge is 0.124 e. The van der Waals surface area contributed by atoms with Crippen molar-refractivity contribution in [3.63, 3.8) is 0 Å². The summed E-state index contributed by atoms with van der Waals surface area (Å²) in [5.41, 5.74) is 0.555. The first-order valence-corrected chi connectivity index (χ1v) is 5.25. The van der Waals surface area contributed by atoms with Crippen molar-refractivity contribution >= 4 is 17.8 Å². The van der Waals surface area contributed by atoms with Crippen LogP contribution in [0, 0.1) is 0 Å². The zero-order valence-corrected chi connectivity index (χ0v) is 9.37.